The van der Waals surface area contributed by atoms with E-state index in [9.17, 15) is 29.7 Å². The predicted molar refractivity (Wildman–Crippen MR) is 251 cm³/mol. The average Bonchev–Trinajstić information content (AvgIpc) is 4.11. The van der Waals surface area contributed by atoms with E-state index in [0.29, 0.717) is 22.2 Å². The fraction of sp³-hybridized carbons (Fsp3) is 0.711. The molecule has 2 aliphatic carbocycles. The van der Waals surface area contributed by atoms with Crippen LogP contribution in [-0.2, 0) is 28.5 Å². The van der Waals surface area contributed by atoms with Crippen LogP contribution < -0.4 is 9.80 Å². The summed E-state index contributed by atoms with van der Waals surface area (Å²) in [5.74, 6) is 0.185. The van der Waals surface area contributed by atoms with Crippen LogP contribution in [0.3, 0.4) is 0 Å². The summed E-state index contributed by atoms with van der Waals surface area (Å²) in [5.41, 5.74) is -0.751. The Morgan fingerprint density at radius 2 is 1.16 bits per heavy atom. The first kappa shape index (κ1) is 52.9. The molecule has 8 rings (SSSR count). The number of aromatic nitrogens is 8. The van der Waals surface area contributed by atoms with Crippen molar-refractivity contribution in [3.63, 3.8) is 0 Å². The van der Waals surface area contributed by atoms with Gasteiger partial charge in [-0.2, -0.15) is 30.1 Å². The molecule has 4 fully saturated rings. The van der Waals surface area contributed by atoms with Crippen molar-refractivity contribution in [1.29, 1.82) is 0 Å². The standard InChI is InChI=1S/C24H34ClN5O5.C20H28ClN5O6.CH4/c1-7-17-13(2)18(33-14(3)31)21(34-17)30-20-16(12-26-30)19(27-22(25)28-20)29(15-10-8-9-11-15)23(32)35-24(4,5)6;1-20(2,3)32-19(30)25(10-6-4-5-7-10)15-11-8-22-26(16(11)24-18(21)23-15)17-14(29)13(28)12(9-27)31-17;/h12-13,15,17-18,21H,7-11H2,1-6H3;8,10,12-14,17,27-29H,4-7,9H2,1-3H3;1H4/t13-,17-,18?,21-;12-,13-,14-,17-;/m11./s1. The van der Waals surface area contributed by atoms with Crippen molar-refractivity contribution in [2.75, 3.05) is 16.4 Å². The van der Waals surface area contributed by atoms with Gasteiger partial charge in [0.25, 0.3) is 0 Å². The molecule has 0 bridgehead atoms. The molecule has 2 saturated carbocycles. The highest BCUT2D eigenvalue weighted by atomic mass is 35.5. The number of aliphatic hydroxyl groups excluding tert-OH is 3. The number of aliphatic hydroxyl groups is 3. The maximum atomic E-state index is 13.4. The third-order valence-electron chi connectivity index (χ3n) is 12.2. The van der Waals surface area contributed by atoms with E-state index < -0.39 is 72.8 Å². The molecule has 4 aromatic heterocycles. The Labute approximate surface area is 405 Å². The summed E-state index contributed by atoms with van der Waals surface area (Å²) in [6.45, 7) is 15.8. The minimum Gasteiger partial charge on any atom is -0.457 e. The van der Waals surface area contributed by atoms with Crippen LogP contribution in [0.4, 0.5) is 21.2 Å². The monoisotopic (exact) mass is 992 g/mol. The van der Waals surface area contributed by atoms with Crippen molar-refractivity contribution in [3.8, 4) is 0 Å². The Morgan fingerprint density at radius 1 is 0.735 bits per heavy atom. The summed E-state index contributed by atoms with van der Waals surface area (Å²) in [6, 6.07) is -0.181. The first-order chi connectivity index (χ1) is 31.6. The summed E-state index contributed by atoms with van der Waals surface area (Å²) in [7, 11) is 0. The number of carbonyl (C=O) groups is 3. The Balaban J connectivity index is 0.000000221. The maximum Gasteiger partial charge on any atom is 0.416 e. The summed E-state index contributed by atoms with van der Waals surface area (Å²) >= 11 is 12.6. The number of hydrogen-bond acceptors (Lipinski definition) is 17. The maximum absolute atomic E-state index is 13.4. The van der Waals surface area contributed by atoms with Gasteiger partial charge in [0.15, 0.2) is 41.5 Å². The molecular formula is C45H66Cl2N10O11. The first-order valence-electron chi connectivity index (χ1n) is 22.9. The number of anilines is 2. The molecule has 6 heterocycles. The van der Waals surface area contributed by atoms with Crippen LogP contribution in [0.15, 0.2) is 12.4 Å². The van der Waals surface area contributed by atoms with E-state index in [1.165, 1.54) is 22.7 Å². The Bertz CT molecular complexity index is 2410. The number of esters is 1. The topological polar surface area (TPSA) is 252 Å². The van der Waals surface area contributed by atoms with Gasteiger partial charge in [-0.1, -0.05) is 47.0 Å². The van der Waals surface area contributed by atoms with E-state index >= 15 is 0 Å². The first-order valence-corrected chi connectivity index (χ1v) is 23.7. The van der Waals surface area contributed by atoms with Crippen LogP contribution in [-0.4, -0.2) is 133 Å². The molecular weight excluding hydrogens is 927 g/mol. The van der Waals surface area contributed by atoms with E-state index in [0.717, 1.165) is 57.8 Å². The van der Waals surface area contributed by atoms with Gasteiger partial charge in [0.1, 0.15) is 29.5 Å². The fourth-order valence-corrected chi connectivity index (χ4v) is 9.55. The molecule has 0 radical (unpaired) electrons. The number of hydrogen-bond donors (Lipinski definition) is 3. The molecule has 2 saturated heterocycles. The lowest BCUT2D eigenvalue weighted by atomic mass is 9.98. The zero-order valence-corrected chi connectivity index (χ0v) is 40.8. The SMILES string of the molecule is C.CC(C)(C)OC(=O)N(c1nc(Cl)nc2c1cnn2[C@@H]1O[C@H](CO)[C@@H](O)[C@H]1O)C1CCCC1.CC[C@H]1O[C@@H](n2ncc3c(N(C(=O)OC(C)(C)C)C4CCCC4)nc(Cl)nc32)C(OC(C)=O)[C@@H]1C. The molecule has 23 heteroatoms. The highest BCUT2D eigenvalue weighted by molar-refractivity contribution is 6.29. The lowest BCUT2D eigenvalue weighted by Gasteiger charge is -2.31. The fourth-order valence-electron chi connectivity index (χ4n) is 9.23. The highest BCUT2D eigenvalue weighted by Crippen LogP contribution is 2.41. The minimum atomic E-state index is -1.34. The molecule has 68 heavy (non-hydrogen) atoms. The van der Waals surface area contributed by atoms with E-state index in [-0.39, 0.29) is 53.6 Å². The van der Waals surface area contributed by atoms with E-state index in [2.05, 4.69) is 30.1 Å². The highest BCUT2D eigenvalue weighted by Gasteiger charge is 2.47. The van der Waals surface area contributed by atoms with Gasteiger partial charge in [-0.15, -0.1) is 0 Å². The number of halogens is 2. The molecule has 376 valence electrons. The lowest BCUT2D eigenvalue weighted by Crippen LogP contribution is -2.43. The van der Waals surface area contributed by atoms with Gasteiger partial charge < -0.3 is 39.0 Å². The molecule has 3 N–H and O–H groups in total. The third kappa shape index (κ3) is 11.2. The molecule has 0 aromatic carbocycles. The second kappa shape index (κ2) is 21.2. The number of carbonyl (C=O) groups excluding carboxylic acids is 3. The zero-order valence-electron chi connectivity index (χ0n) is 39.3. The molecule has 2 aliphatic heterocycles. The molecule has 4 aliphatic rings. The number of ether oxygens (including phenoxy) is 5. The number of rotatable bonds is 9. The summed E-state index contributed by atoms with van der Waals surface area (Å²) in [6.07, 6.45) is 4.01. The zero-order chi connectivity index (χ0) is 48.7. The normalized spacial score (nSPS) is 25.6. The van der Waals surface area contributed by atoms with Crippen molar-refractivity contribution in [2.45, 2.75) is 194 Å². The largest absolute Gasteiger partial charge is 0.457 e. The average molecular weight is 994 g/mol. The molecule has 8 atom stereocenters. The molecule has 1 unspecified atom stereocenters. The van der Waals surface area contributed by atoms with Crippen LogP contribution in [0.25, 0.3) is 22.1 Å². The van der Waals surface area contributed by atoms with Crippen LogP contribution >= 0.6 is 23.2 Å². The quantitative estimate of drug-likeness (QED) is 0.0836. The van der Waals surface area contributed by atoms with Crippen molar-refractivity contribution in [2.24, 2.45) is 5.92 Å². The van der Waals surface area contributed by atoms with Gasteiger partial charge >= 0.3 is 18.2 Å². The van der Waals surface area contributed by atoms with Crippen LogP contribution in [0, 0.1) is 5.92 Å². The van der Waals surface area contributed by atoms with Crippen molar-refractivity contribution < 1.29 is 53.4 Å². The van der Waals surface area contributed by atoms with E-state index in [1.54, 1.807) is 36.5 Å². The van der Waals surface area contributed by atoms with Crippen molar-refractivity contribution in [1.82, 2.24) is 39.5 Å². The second-order valence-corrected chi connectivity index (χ2v) is 20.2. The molecule has 0 spiro atoms. The summed E-state index contributed by atoms with van der Waals surface area (Å²) in [5, 5.41) is 39.6. The van der Waals surface area contributed by atoms with Crippen LogP contribution in [0.5, 0.6) is 0 Å². The molecule has 2 amide bonds. The van der Waals surface area contributed by atoms with Gasteiger partial charge in [-0.25, -0.2) is 19.0 Å². The number of nitrogens with zero attached hydrogens (tertiary/aromatic N) is 10. The lowest BCUT2D eigenvalue weighted by molar-refractivity contribution is -0.154. The van der Waals surface area contributed by atoms with E-state index in [1.807, 2.05) is 34.6 Å². The van der Waals surface area contributed by atoms with Gasteiger partial charge in [-0.3, -0.25) is 14.6 Å². The summed E-state index contributed by atoms with van der Waals surface area (Å²) < 4.78 is 31.7. The van der Waals surface area contributed by atoms with Gasteiger partial charge in [0.05, 0.1) is 35.9 Å². The molecule has 4 aromatic rings. The molecule has 21 nitrogen and oxygen atoms in total. The summed E-state index contributed by atoms with van der Waals surface area (Å²) in [4.78, 5) is 58.9. The number of amides is 2. The third-order valence-corrected chi connectivity index (χ3v) is 12.6. The van der Waals surface area contributed by atoms with Crippen molar-refractivity contribution >= 4 is 75.1 Å². The minimum absolute atomic E-state index is 0. The van der Waals surface area contributed by atoms with E-state index in [4.69, 9.17) is 46.9 Å². The van der Waals surface area contributed by atoms with Gasteiger partial charge in [0.2, 0.25) is 10.6 Å². The van der Waals surface area contributed by atoms with Crippen molar-refractivity contribution in [3.05, 3.63) is 23.0 Å². The Kier molecular flexibility index (Phi) is 16.5. The second-order valence-electron chi connectivity index (χ2n) is 19.5. The van der Waals surface area contributed by atoms with Crippen LogP contribution in [0.2, 0.25) is 10.6 Å². The Morgan fingerprint density at radius 3 is 1.54 bits per heavy atom. The Hall–Kier alpha value is -4.51. The van der Waals surface area contributed by atoms with Gasteiger partial charge in [0, 0.05) is 24.9 Å². The number of fused-ring (bicyclic) bond motifs is 2. The predicted octanol–water partition coefficient (Wildman–Crippen LogP) is 7.45. The van der Waals surface area contributed by atoms with Crippen LogP contribution in [0.1, 0.15) is 140 Å². The smallest absolute Gasteiger partial charge is 0.416 e. The van der Waals surface area contributed by atoms with Gasteiger partial charge in [-0.05, 0) is 96.8 Å².